The van der Waals surface area contributed by atoms with Crippen molar-refractivity contribution in [3.63, 3.8) is 0 Å². The average Bonchev–Trinajstić information content (AvgIpc) is 2.76. The van der Waals surface area contributed by atoms with Crippen LogP contribution in [0.1, 0.15) is 52.9 Å². The molecule has 0 amide bonds. The van der Waals surface area contributed by atoms with Crippen molar-refractivity contribution in [1.29, 1.82) is 0 Å². The van der Waals surface area contributed by atoms with Gasteiger partial charge in [-0.1, -0.05) is 63.8 Å². The molecule has 0 radical (unpaired) electrons. The minimum atomic E-state index is 0.748. The SMILES string of the molecule is C/C=C\CC=CC(C)C(C)C1CCCC1. The van der Waals surface area contributed by atoms with Crippen molar-refractivity contribution in [3.05, 3.63) is 24.3 Å². The fraction of sp³-hybridized carbons (Fsp3) is 0.733. The van der Waals surface area contributed by atoms with Gasteiger partial charge >= 0.3 is 0 Å². The van der Waals surface area contributed by atoms with Crippen LogP contribution in [0.2, 0.25) is 0 Å². The highest BCUT2D eigenvalue weighted by Gasteiger charge is 2.24. The van der Waals surface area contributed by atoms with Crippen molar-refractivity contribution in [1.82, 2.24) is 0 Å². The van der Waals surface area contributed by atoms with Crippen LogP contribution in [-0.2, 0) is 0 Å². The van der Waals surface area contributed by atoms with Crippen molar-refractivity contribution < 1.29 is 0 Å². The lowest BCUT2D eigenvalue weighted by Gasteiger charge is -2.23. The van der Waals surface area contributed by atoms with Crippen molar-refractivity contribution in [2.75, 3.05) is 0 Å². The Morgan fingerprint density at radius 2 is 1.80 bits per heavy atom. The third-order valence-corrected chi connectivity index (χ3v) is 3.92. The molecule has 0 bridgehead atoms. The smallest absolute Gasteiger partial charge is 0.0169 e. The summed E-state index contributed by atoms with van der Waals surface area (Å²) in [7, 11) is 0. The molecule has 0 saturated heterocycles. The number of rotatable bonds is 5. The Hall–Kier alpha value is -0.520. The molecule has 1 fully saturated rings. The summed E-state index contributed by atoms with van der Waals surface area (Å²) in [4.78, 5) is 0. The fourth-order valence-electron chi connectivity index (χ4n) is 2.60. The van der Waals surface area contributed by atoms with E-state index in [1.165, 1.54) is 25.7 Å². The zero-order chi connectivity index (χ0) is 11.1. The monoisotopic (exact) mass is 206 g/mol. The normalized spacial score (nSPS) is 22.9. The Morgan fingerprint density at radius 3 is 2.40 bits per heavy atom. The van der Waals surface area contributed by atoms with E-state index in [0.717, 1.165) is 24.2 Å². The second kappa shape index (κ2) is 6.87. The first kappa shape index (κ1) is 12.5. The summed E-state index contributed by atoms with van der Waals surface area (Å²) in [6.45, 7) is 6.88. The van der Waals surface area contributed by atoms with Crippen LogP contribution in [-0.4, -0.2) is 0 Å². The molecule has 0 heterocycles. The third kappa shape index (κ3) is 4.24. The fourth-order valence-corrected chi connectivity index (χ4v) is 2.60. The molecule has 0 nitrogen and oxygen atoms in total. The quantitative estimate of drug-likeness (QED) is 0.557. The van der Waals surface area contributed by atoms with Crippen molar-refractivity contribution in [2.24, 2.45) is 17.8 Å². The second-order valence-corrected chi connectivity index (χ2v) is 5.00. The predicted octanol–water partition coefficient (Wildman–Crippen LogP) is 4.97. The van der Waals surface area contributed by atoms with Gasteiger partial charge in [0, 0.05) is 0 Å². The van der Waals surface area contributed by atoms with Crippen molar-refractivity contribution in [3.8, 4) is 0 Å². The van der Waals surface area contributed by atoms with E-state index < -0.39 is 0 Å². The number of hydrogen-bond acceptors (Lipinski definition) is 0. The van der Waals surface area contributed by atoms with Gasteiger partial charge in [-0.2, -0.15) is 0 Å². The van der Waals surface area contributed by atoms with Crippen LogP contribution >= 0.6 is 0 Å². The molecule has 2 atom stereocenters. The van der Waals surface area contributed by atoms with E-state index in [4.69, 9.17) is 0 Å². The summed E-state index contributed by atoms with van der Waals surface area (Å²) >= 11 is 0. The summed E-state index contributed by atoms with van der Waals surface area (Å²) in [5.41, 5.74) is 0. The molecule has 0 aromatic rings. The Balaban J connectivity index is 2.31. The Morgan fingerprint density at radius 1 is 1.13 bits per heavy atom. The summed E-state index contributed by atoms with van der Waals surface area (Å²) in [6.07, 6.45) is 16.0. The molecular formula is C15H26. The molecule has 86 valence electrons. The first-order valence-corrected chi connectivity index (χ1v) is 6.53. The van der Waals surface area contributed by atoms with Crippen LogP contribution in [0.5, 0.6) is 0 Å². The van der Waals surface area contributed by atoms with Crippen LogP contribution in [0.4, 0.5) is 0 Å². The summed E-state index contributed by atoms with van der Waals surface area (Å²) in [6, 6.07) is 0. The van der Waals surface area contributed by atoms with Gasteiger partial charge in [0.05, 0.1) is 0 Å². The average molecular weight is 206 g/mol. The van der Waals surface area contributed by atoms with E-state index in [1.54, 1.807) is 0 Å². The molecule has 0 spiro atoms. The summed E-state index contributed by atoms with van der Waals surface area (Å²) in [5.74, 6) is 2.61. The zero-order valence-corrected chi connectivity index (χ0v) is 10.6. The van der Waals surface area contributed by atoms with Gasteiger partial charge in [0.15, 0.2) is 0 Å². The lowest BCUT2D eigenvalue weighted by atomic mass is 9.83. The Bertz CT molecular complexity index is 206. The second-order valence-electron chi connectivity index (χ2n) is 5.00. The first-order chi connectivity index (χ1) is 7.25. The van der Waals surface area contributed by atoms with Crippen molar-refractivity contribution >= 4 is 0 Å². The lowest BCUT2D eigenvalue weighted by Crippen LogP contribution is -2.14. The van der Waals surface area contributed by atoms with Gasteiger partial charge in [0.1, 0.15) is 0 Å². The molecule has 1 rings (SSSR count). The molecule has 0 N–H and O–H groups in total. The van der Waals surface area contributed by atoms with Crippen LogP contribution < -0.4 is 0 Å². The zero-order valence-electron chi connectivity index (χ0n) is 10.6. The minimum absolute atomic E-state index is 0.748. The maximum atomic E-state index is 2.43. The molecule has 0 aromatic carbocycles. The van der Waals surface area contributed by atoms with Crippen LogP contribution in [0.15, 0.2) is 24.3 Å². The van der Waals surface area contributed by atoms with Gasteiger partial charge in [-0.05, 0) is 31.1 Å². The van der Waals surface area contributed by atoms with Gasteiger partial charge in [-0.3, -0.25) is 0 Å². The Labute approximate surface area is 95.5 Å². The van der Waals surface area contributed by atoms with Gasteiger partial charge in [0.2, 0.25) is 0 Å². The molecule has 0 aromatic heterocycles. The highest BCUT2D eigenvalue weighted by molar-refractivity contribution is 4.95. The molecule has 0 heteroatoms. The highest BCUT2D eigenvalue weighted by Crippen LogP contribution is 2.35. The van der Waals surface area contributed by atoms with Crippen LogP contribution in [0.25, 0.3) is 0 Å². The molecule has 1 aliphatic rings. The molecule has 2 unspecified atom stereocenters. The maximum absolute atomic E-state index is 2.43. The van der Waals surface area contributed by atoms with Gasteiger partial charge in [-0.25, -0.2) is 0 Å². The highest BCUT2D eigenvalue weighted by atomic mass is 14.3. The van der Waals surface area contributed by atoms with E-state index in [9.17, 15) is 0 Å². The standard InChI is InChI=1S/C15H26/c1-4-5-6-7-10-13(2)14(3)15-11-8-9-12-15/h4-5,7,10,13-15H,6,8-9,11-12H2,1-3H3/b5-4-,10-7?. The minimum Gasteiger partial charge on any atom is -0.0914 e. The predicted molar refractivity (Wildman–Crippen MR) is 68.9 cm³/mol. The number of allylic oxidation sites excluding steroid dienone is 4. The van der Waals surface area contributed by atoms with E-state index in [2.05, 4.69) is 45.1 Å². The molecule has 1 aliphatic carbocycles. The van der Waals surface area contributed by atoms with Gasteiger partial charge in [-0.15, -0.1) is 0 Å². The largest absolute Gasteiger partial charge is 0.0914 e. The number of hydrogen-bond donors (Lipinski definition) is 0. The molecule has 1 saturated carbocycles. The third-order valence-electron chi connectivity index (χ3n) is 3.92. The van der Waals surface area contributed by atoms with Crippen molar-refractivity contribution in [2.45, 2.75) is 52.9 Å². The Kier molecular flexibility index (Phi) is 5.75. The molecule has 15 heavy (non-hydrogen) atoms. The van der Waals surface area contributed by atoms with E-state index in [0.29, 0.717) is 0 Å². The van der Waals surface area contributed by atoms with E-state index in [1.807, 2.05) is 0 Å². The molecular weight excluding hydrogens is 180 g/mol. The molecule has 0 aliphatic heterocycles. The maximum Gasteiger partial charge on any atom is -0.0169 e. The first-order valence-electron chi connectivity index (χ1n) is 6.53. The van der Waals surface area contributed by atoms with E-state index >= 15 is 0 Å². The van der Waals surface area contributed by atoms with Gasteiger partial charge < -0.3 is 0 Å². The van der Waals surface area contributed by atoms with Gasteiger partial charge in [0.25, 0.3) is 0 Å². The topological polar surface area (TPSA) is 0 Å². The van der Waals surface area contributed by atoms with Crippen LogP contribution in [0, 0.1) is 17.8 Å². The summed E-state index contributed by atoms with van der Waals surface area (Å²) < 4.78 is 0. The van der Waals surface area contributed by atoms with E-state index in [-0.39, 0.29) is 0 Å². The van der Waals surface area contributed by atoms with Crippen LogP contribution in [0.3, 0.4) is 0 Å². The summed E-state index contributed by atoms with van der Waals surface area (Å²) in [5, 5.41) is 0. The lowest BCUT2D eigenvalue weighted by molar-refractivity contribution is 0.303.